The van der Waals surface area contributed by atoms with Crippen LogP contribution in [0, 0.1) is 0 Å². The van der Waals surface area contributed by atoms with Crippen LogP contribution in [0.1, 0.15) is 19.4 Å². The van der Waals surface area contributed by atoms with Crippen LogP contribution in [-0.4, -0.2) is 37.1 Å². The summed E-state index contributed by atoms with van der Waals surface area (Å²) in [6.45, 7) is 1.34. The Balaban J connectivity index is 3.12. The molecule has 6 nitrogen and oxygen atoms in total. The number of anilines is 1. The van der Waals surface area contributed by atoms with Gasteiger partial charge in [-0.05, 0) is 32.0 Å². The van der Waals surface area contributed by atoms with Crippen molar-refractivity contribution in [2.75, 3.05) is 18.5 Å². The quantitative estimate of drug-likeness (QED) is 0.432. The van der Waals surface area contributed by atoms with E-state index in [0.717, 1.165) is 19.1 Å². The Morgan fingerprint density at radius 2 is 1.67 bits per heavy atom. The summed E-state index contributed by atoms with van der Waals surface area (Å²) in [6.07, 6.45) is -10.1. The lowest BCUT2D eigenvalue weighted by molar-refractivity contribution is -0.282. The Hall–Kier alpha value is -2.50. The smallest absolute Gasteiger partial charge is 0.448 e. The molecule has 0 radical (unpaired) electrons. The van der Waals surface area contributed by atoms with Crippen LogP contribution in [0.3, 0.4) is 0 Å². The number of hydrogen-bond donors (Lipinski definition) is 2. The molecular formula is C15H16F6N2O4. The first-order chi connectivity index (χ1) is 12.4. The summed E-state index contributed by atoms with van der Waals surface area (Å²) in [5, 5.41) is 3.11. The SMILES string of the molecule is CCOC(=O)[C@](NC(=O)Nc1cccc(C(F)(F)F)c1)(OCC)C(F)(F)F. The average Bonchev–Trinajstić information content (AvgIpc) is 2.52. The molecule has 2 N–H and O–H groups in total. The maximum Gasteiger partial charge on any atom is 0.448 e. The number of rotatable bonds is 6. The second-order valence-corrected chi connectivity index (χ2v) is 4.99. The molecule has 1 aromatic rings. The van der Waals surface area contributed by atoms with E-state index in [4.69, 9.17) is 0 Å². The highest BCUT2D eigenvalue weighted by Gasteiger charge is 2.64. The van der Waals surface area contributed by atoms with Gasteiger partial charge in [0.1, 0.15) is 0 Å². The van der Waals surface area contributed by atoms with Gasteiger partial charge >= 0.3 is 30.1 Å². The zero-order valence-corrected chi connectivity index (χ0v) is 14.1. The molecule has 0 unspecified atom stereocenters. The molecule has 2 amide bonds. The molecule has 0 heterocycles. The largest absolute Gasteiger partial charge is 0.462 e. The van der Waals surface area contributed by atoms with Crippen LogP contribution >= 0.6 is 0 Å². The standard InChI is InChI=1S/C15H16F6N2O4/c1-3-26-11(24)13(27-4-2,15(19,20)21)23-12(25)22-10-7-5-6-9(8-10)14(16,17)18/h5-8H,3-4H2,1-2H3,(H2,22,23,25)/t13-/m0/s1. The first kappa shape index (κ1) is 22.5. The molecule has 1 atom stereocenters. The molecule has 0 bridgehead atoms. The van der Waals surface area contributed by atoms with Gasteiger partial charge in [-0.25, -0.2) is 9.59 Å². The third-order valence-electron chi connectivity index (χ3n) is 3.06. The van der Waals surface area contributed by atoms with E-state index in [0.29, 0.717) is 12.1 Å². The summed E-state index contributed by atoms with van der Waals surface area (Å²) >= 11 is 0. The summed E-state index contributed by atoms with van der Waals surface area (Å²) < 4.78 is 87.1. The number of esters is 1. The Labute approximate surface area is 149 Å². The number of nitrogens with one attached hydrogen (secondary N) is 2. The molecule has 0 fully saturated rings. The van der Waals surface area contributed by atoms with E-state index in [1.54, 1.807) is 5.32 Å². The van der Waals surface area contributed by atoms with E-state index >= 15 is 0 Å². The number of alkyl halides is 6. The van der Waals surface area contributed by atoms with Crippen LogP contribution < -0.4 is 10.6 Å². The highest BCUT2D eigenvalue weighted by atomic mass is 19.4. The van der Waals surface area contributed by atoms with Crippen molar-refractivity contribution in [1.29, 1.82) is 0 Å². The highest BCUT2D eigenvalue weighted by Crippen LogP contribution is 2.34. The maximum atomic E-state index is 13.4. The first-order valence-corrected chi connectivity index (χ1v) is 7.51. The van der Waals surface area contributed by atoms with Crippen molar-refractivity contribution in [2.24, 2.45) is 0 Å². The Kier molecular flexibility index (Phi) is 7.06. The summed E-state index contributed by atoms with van der Waals surface area (Å²) in [7, 11) is 0. The Morgan fingerprint density at radius 1 is 1.04 bits per heavy atom. The summed E-state index contributed by atoms with van der Waals surface area (Å²) in [5.74, 6) is -1.92. The zero-order chi connectivity index (χ0) is 20.9. The molecular weight excluding hydrogens is 386 g/mol. The van der Waals surface area contributed by atoms with Crippen molar-refractivity contribution < 1.29 is 45.4 Å². The van der Waals surface area contributed by atoms with E-state index in [-0.39, 0.29) is 0 Å². The number of carbonyl (C=O) groups is 2. The van der Waals surface area contributed by atoms with Crippen LogP contribution in [0.5, 0.6) is 0 Å². The van der Waals surface area contributed by atoms with Crippen LogP contribution in [0.4, 0.5) is 36.8 Å². The number of amides is 2. The lowest BCUT2D eigenvalue weighted by Crippen LogP contribution is -2.67. The van der Waals surface area contributed by atoms with Crippen molar-refractivity contribution in [3.8, 4) is 0 Å². The Morgan fingerprint density at radius 3 is 2.15 bits per heavy atom. The van der Waals surface area contributed by atoms with Gasteiger partial charge < -0.3 is 14.8 Å². The fraction of sp³-hybridized carbons (Fsp3) is 0.467. The first-order valence-electron chi connectivity index (χ1n) is 7.51. The molecule has 0 aliphatic rings. The summed E-state index contributed by atoms with van der Waals surface area (Å²) in [4.78, 5) is 23.7. The van der Waals surface area contributed by atoms with E-state index in [9.17, 15) is 35.9 Å². The fourth-order valence-electron chi connectivity index (χ4n) is 1.96. The molecule has 152 valence electrons. The van der Waals surface area contributed by atoms with Crippen LogP contribution in [-0.2, 0) is 20.4 Å². The topological polar surface area (TPSA) is 76.7 Å². The van der Waals surface area contributed by atoms with Gasteiger partial charge in [-0.15, -0.1) is 0 Å². The van der Waals surface area contributed by atoms with Gasteiger partial charge in [0.05, 0.1) is 12.2 Å². The maximum absolute atomic E-state index is 13.4. The van der Waals surface area contributed by atoms with E-state index in [2.05, 4.69) is 9.47 Å². The minimum Gasteiger partial charge on any atom is -0.462 e. The molecule has 0 saturated heterocycles. The fourth-order valence-corrected chi connectivity index (χ4v) is 1.96. The van der Waals surface area contributed by atoms with E-state index in [1.165, 1.54) is 12.2 Å². The lowest BCUT2D eigenvalue weighted by Gasteiger charge is -2.33. The predicted molar refractivity (Wildman–Crippen MR) is 80.6 cm³/mol. The van der Waals surface area contributed by atoms with Gasteiger partial charge in [0.25, 0.3) is 0 Å². The number of carbonyl (C=O) groups excluding carboxylic acids is 2. The third-order valence-corrected chi connectivity index (χ3v) is 3.06. The van der Waals surface area contributed by atoms with Crippen LogP contribution in [0.2, 0.25) is 0 Å². The number of ether oxygens (including phenoxy) is 2. The van der Waals surface area contributed by atoms with Crippen LogP contribution in [0.15, 0.2) is 24.3 Å². The molecule has 0 spiro atoms. The molecule has 12 heteroatoms. The predicted octanol–water partition coefficient (Wildman–Crippen LogP) is 3.69. The number of benzene rings is 1. The molecule has 0 aromatic heterocycles. The Bertz CT molecular complexity index is 677. The van der Waals surface area contributed by atoms with Gasteiger partial charge in [0.15, 0.2) is 0 Å². The van der Waals surface area contributed by atoms with Gasteiger partial charge in [0.2, 0.25) is 0 Å². The molecule has 27 heavy (non-hydrogen) atoms. The normalized spacial score (nSPS) is 14.2. The number of urea groups is 1. The van der Waals surface area contributed by atoms with Gasteiger partial charge in [-0.1, -0.05) is 6.07 Å². The van der Waals surface area contributed by atoms with Gasteiger partial charge in [-0.2, -0.15) is 26.3 Å². The molecule has 1 aromatic carbocycles. The second-order valence-electron chi connectivity index (χ2n) is 4.99. The second kappa shape index (κ2) is 8.46. The number of halogens is 6. The summed E-state index contributed by atoms with van der Waals surface area (Å²) in [5.41, 5.74) is -5.39. The van der Waals surface area contributed by atoms with Gasteiger partial charge in [0, 0.05) is 12.3 Å². The van der Waals surface area contributed by atoms with E-state index in [1.807, 2.05) is 0 Å². The number of hydrogen-bond acceptors (Lipinski definition) is 4. The molecule has 0 aliphatic heterocycles. The van der Waals surface area contributed by atoms with Crippen molar-refractivity contribution in [3.05, 3.63) is 29.8 Å². The van der Waals surface area contributed by atoms with Crippen molar-refractivity contribution in [3.63, 3.8) is 0 Å². The third kappa shape index (κ3) is 5.49. The van der Waals surface area contributed by atoms with Crippen molar-refractivity contribution >= 4 is 17.7 Å². The summed E-state index contributed by atoms with van der Waals surface area (Å²) in [6, 6.07) is 1.58. The zero-order valence-electron chi connectivity index (χ0n) is 14.1. The minimum atomic E-state index is -5.40. The molecule has 1 rings (SSSR count). The van der Waals surface area contributed by atoms with Crippen molar-refractivity contribution in [2.45, 2.75) is 31.9 Å². The van der Waals surface area contributed by atoms with Crippen molar-refractivity contribution in [1.82, 2.24) is 5.32 Å². The van der Waals surface area contributed by atoms with Crippen LogP contribution in [0.25, 0.3) is 0 Å². The minimum absolute atomic E-state index is 0.430. The molecule has 0 saturated carbocycles. The monoisotopic (exact) mass is 402 g/mol. The van der Waals surface area contributed by atoms with E-state index < -0.39 is 54.5 Å². The molecule has 0 aliphatic carbocycles. The average molecular weight is 402 g/mol. The lowest BCUT2D eigenvalue weighted by atomic mass is 10.2. The van der Waals surface area contributed by atoms with Gasteiger partial charge in [-0.3, -0.25) is 5.32 Å². The highest BCUT2D eigenvalue weighted by molar-refractivity contribution is 5.94.